The minimum Gasteiger partial charge on any atom is -0.383 e. The second kappa shape index (κ2) is 3.06. The van der Waals surface area contributed by atoms with Crippen LogP contribution in [0.15, 0.2) is 36.1 Å². The zero-order chi connectivity index (χ0) is 10.3. The Morgan fingerprint density at radius 2 is 2.27 bits per heavy atom. The van der Waals surface area contributed by atoms with Gasteiger partial charge in [0.2, 0.25) is 0 Å². The predicted molar refractivity (Wildman–Crippen MR) is 60.7 cm³/mol. The highest BCUT2D eigenvalue weighted by atomic mass is 32.1. The first-order valence-corrected chi connectivity index (χ1v) is 5.35. The van der Waals surface area contributed by atoms with Crippen LogP contribution >= 0.6 is 11.3 Å². The summed E-state index contributed by atoms with van der Waals surface area (Å²) in [5.41, 5.74) is 9.45. The average Bonchev–Trinajstić information content (AvgIpc) is 2.87. The molecule has 0 amide bonds. The number of aromatic nitrogens is 3. The van der Waals surface area contributed by atoms with Crippen molar-refractivity contribution in [3.8, 4) is 10.6 Å². The minimum atomic E-state index is 0.662. The van der Waals surface area contributed by atoms with E-state index in [-0.39, 0.29) is 0 Å². The molecule has 0 fully saturated rings. The summed E-state index contributed by atoms with van der Waals surface area (Å²) < 4.78 is 1.87. The fraction of sp³-hybridized carbons (Fsp3) is 0. The molecule has 0 radical (unpaired) electrons. The van der Waals surface area contributed by atoms with Crippen molar-refractivity contribution >= 4 is 22.8 Å². The summed E-state index contributed by atoms with van der Waals surface area (Å²) in [4.78, 5) is 9.48. The molecule has 3 heterocycles. The van der Waals surface area contributed by atoms with Gasteiger partial charge in [-0.05, 0) is 12.1 Å². The first kappa shape index (κ1) is 8.43. The Morgan fingerprint density at radius 1 is 1.33 bits per heavy atom. The molecule has 4 nitrogen and oxygen atoms in total. The lowest BCUT2D eigenvalue weighted by Crippen LogP contribution is -1.92. The van der Waals surface area contributed by atoms with E-state index in [9.17, 15) is 0 Å². The largest absolute Gasteiger partial charge is 0.383 e. The van der Waals surface area contributed by atoms with Gasteiger partial charge in [0.1, 0.15) is 17.2 Å². The van der Waals surface area contributed by atoms with Crippen molar-refractivity contribution < 1.29 is 0 Å². The Hall–Kier alpha value is -1.88. The Bertz CT molecular complexity index is 597. The fourth-order valence-electron chi connectivity index (χ4n) is 1.53. The molecule has 3 aromatic rings. The van der Waals surface area contributed by atoms with Crippen molar-refractivity contribution in [3.05, 3.63) is 36.1 Å². The third-order valence-electron chi connectivity index (χ3n) is 2.23. The zero-order valence-electron chi connectivity index (χ0n) is 7.79. The lowest BCUT2D eigenvalue weighted by molar-refractivity contribution is 1.20. The number of hydrogen-bond acceptors (Lipinski definition) is 4. The van der Waals surface area contributed by atoms with Crippen LogP contribution in [0.1, 0.15) is 0 Å². The van der Waals surface area contributed by atoms with Crippen molar-refractivity contribution in [2.75, 3.05) is 5.73 Å². The lowest BCUT2D eigenvalue weighted by Gasteiger charge is -1.94. The molecule has 0 saturated heterocycles. The summed E-state index contributed by atoms with van der Waals surface area (Å²) in [5.74, 6) is 0.662. The van der Waals surface area contributed by atoms with Crippen LogP contribution in [-0.2, 0) is 0 Å². The quantitative estimate of drug-likeness (QED) is 0.677. The third-order valence-corrected chi connectivity index (χ3v) is 3.01. The fourth-order valence-corrected chi connectivity index (χ4v) is 2.15. The number of imidazole rings is 1. The van der Waals surface area contributed by atoms with Crippen LogP contribution in [0.5, 0.6) is 0 Å². The van der Waals surface area contributed by atoms with Gasteiger partial charge in [0.05, 0.1) is 10.4 Å². The Balaban J connectivity index is 2.33. The molecule has 3 aromatic heterocycles. The molecule has 0 aliphatic rings. The summed E-state index contributed by atoms with van der Waals surface area (Å²) in [5, 5.41) is 0. The second-order valence-electron chi connectivity index (χ2n) is 3.14. The van der Waals surface area contributed by atoms with Crippen molar-refractivity contribution in [3.63, 3.8) is 0 Å². The average molecular weight is 216 g/mol. The van der Waals surface area contributed by atoms with Crippen molar-refractivity contribution in [1.29, 1.82) is 0 Å². The maximum absolute atomic E-state index is 6.01. The maximum atomic E-state index is 6.01. The van der Waals surface area contributed by atoms with Crippen molar-refractivity contribution in [1.82, 2.24) is 14.4 Å². The van der Waals surface area contributed by atoms with Gasteiger partial charge in [0, 0.05) is 12.4 Å². The molecular weight excluding hydrogens is 208 g/mol. The SMILES string of the molecule is Nc1c(-c2cncs2)nc2ccccn12. The number of nitrogen functional groups attached to an aromatic ring is 1. The molecule has 0 aromatic carbocycles. The molecule has 15 heavy (non-hydrogen) atoms. The van der Waals surface area contributed by atoms with Crippen LogP contribution in [0.2, 0.25) is 0 Å². The number of thiazole rings is 1. The first-order chi connectivity index (χ1) is 7.36. The van der Waals surface area contributed by atoms with Crippen LogP contribution in [-0.4, -0.2) is 14.4 Å². The summed E-state index contributed by atoms with van der Waals surface area (Å²) in [6, 6.07) is 5.81. The van der Waals surface area contributed by atoms with Crippen LogP contribution in [0.25, 0.3) is 16.2 Å². The summed E-state index contributed by atoms with van der Waals surface area (Å²) in [6.45, 7) is 0. The maximum Gasteiger partial charge on any atom is 0.139 e. The van der Waals surface area contributed by atoms with Crippen LogP contribution < -0.4 is 5.73 Å². The van der Waals surface area contributed by atoms with E-state index in [4.69, 9.17) is 5.73 Å². The number of pyridine rings is 1. The minimum absolute atomic E-state index is 0.662. The van der Waals surface area contributed by atoms with E-state index in [0.717, 1.165) is 16.2 Å². The zero-order valence-corrected chi connectivity index (χ0v) is 8.61. The van der Waals surface area contributed by atoms with Crippen LogP contribution in [0, 0.1) is 0 Å². The topological polar surface area (TPSA) is 56.2 Å². The molecular formula is C10H8N4S. The Labute approximate surface area is 90.0 Å². The molecule has 74 valence electrons. The van der Waals surface area contributed by atoms with Gasteiger partial charge in [-0.3, -0.25) is 9.38 Å². The highest BCUT2D eigenvalue weighted by molar-refractivity contribution is 7.13. The van der Waals surface area contributed by atoms with Crippen LogP contribution in [0.4, 0.5) is 5.82 Å². The summed E-state index contributed by atoms with van der Waals surface area (Å²) >= 11 is 1.54. The predicted octanol–water partition coefficient (Wildman–Crippen LogP) is 2.04. The third kappa shape index (κ3) is 1.20. The molecule has 0 atom stereocenters. The van der Waals surface area contributed by atoms with Gasteiger partial charge in [-0.1, -0.05) is 6.07 Å². The van der Waals surface area contributed by atoms with E-state index >= 15 is 0 Å². The number of rotatable bonds is 1. The van der Waals surface area contributed by atoms with E-state index in [1.807, 2.05) is 28.8 Å². The number of nitrogens with two attached hydrogens (primary N) is 1. The number of fused-ring (bicyclic) bond motifs is 1. The summed E-state index contributed by atoms with van der Waals surface area (Å²) in [6.07, 6.45) is 3.69. The van der Waals surface area contributed by atoms with Gasteiger partial charge in [-0.15, -0.1) is 11.3 Å². The van der Waals surface area contributed by atoms with Gasteiger partial charge in [0.15, 0.2) is 0 Å². The van der Waals surface area contributed by atoms with Gasteiger partial charge < -0.3 is 5.73 Å². The van der Waals surface area contributed by atoms with Crippen LogP contribution in [0.3, 0.4) is 0 Å². The van der Waals surface area contributed by atoms with Gasteiger partial charge in [-0.25, -0.2) is 4.98 Å². The highest BCUT2D eigenvalue weighted by Gasteiger charge is 2.11. The van der Waals surface area contributed by atoms with E-state index in [2.05, 4.69) is 9.97 Å². The van der Waals surface area contributed by atoms with E-state index in [1.165, 1.54) is 11.3 Å². The van der Waals surface area contributed by atoms with Gasteiger partial charge >= 0.3 is 0 Å². The van der Waals surface area contributed by atoms with Gasteiger partial charge in [0.25, 0.3) is 0 Å². The number of hydrogen-bond donors (Lipinski definition) is 1. The van der Waals surface area contributed by atoms with Gasteiger partial charge in [-0.2, -0.15) is 0 Å². The monoisotopic (exact) mass is 216 g/mol. The Morgan fingerprint density at radius 3 is 3.00 bits per heavy atom. The lowest BCUT2D eigenvalue weighted by atomic mass is 10.4. The normalized spacial score (nSPS) is 10.9. The number of anilines is 1. The molecule has 0 aliphatic carbocycles. The van der Waals surface area contributed by atoms with E-state index < -0.39 is 0 Å². The highest BCUT2D eigenvalue weighted by Crippen LogP contribution is 2.28. The Kier molecular flexibility index (Phi) is 1.72. The second-order valence-corrected chi connectivity index (χ2v) is 4.03. The molecule has 5 heteroatoms. The molecule has 0 unspecified atom stereocenters. The molecule has 2 N–H and O–H groups in total. The molecule has 0 spiro atoms. The van der Waals surface area contributed by atoms with E-state index in [0.29, 0.717) is 5.82 Å². The van der Waals surface area contributed by atoms with E-state index in [1.54, 1.807) is 11.7 Å². The molecule has 0 aliphatic heterocycles. The van der Waals surface area contributed by atoms with Crippen molar-refractivity contribution in [2.45, 2.75) is 0 Å². The molecule has 0 bridgehead atoms. The van der Waals surface area contributed by atoms with Crippen molar-refractivity contribution in [2.24, 2.45) is 0 Å². The standard InChI is InChI=1S/C10H8N4S/c11-10-9(7-5-12-6-15-7)13-8-3-1-2-4-14(8)10/h1-6H,11H2. The summed E-state index contributed by atoms with van der Waals surface area (Å²) in [7, 11) is 0. The smallest absolute Gasteiger partial charge is 0.139 e. The molecule has 0 saturated carbocycles. The molecule has 3 rings (SSSR count). The first-order valence-electron chi connectivity index (χ1n) is 4.47. The number of nitrogens with zero attached hydrogens (tertiary/aromatic N) is 3.